The van der Waals surface area contributed by atoms with Gasteiger partial charge in [0.15, 0.2) is 11.3 Å². The van der Waals surface area contributed by atoms with E-state index in [1.54, 1.807) is 12.3 Å². The van der Waals surface area contributed by atoms with Crippen molar-refractivity contribution >= 4 is 16.9 Å². The molecule has 108 valence electrons. The minimum absolute atomic E-state index is 0.0219. The molecule has 0 aliphatic rings. The molecule has 0 aliphatic heterocycles. The van der Waals surface area contributed by atoms with Crippen molar-refractivity contribution in [2.45, 2.75) is 6.54 Å². The summed E-state index contributed by atoms with van der Waals surface area (Å²) < 4.78 is 28.9. The van der Waals surface area contributed by atoms with Gasteiger partial charge in [-0.1, -0.05) is 11.3 Å². The summed E-state index contributed by atoms with van der Waals surface area (Å²) in [4.78, 5) is 6.03. The van der Waals surface area contributed by atoms with Gasteiger partial charge in [-0.15, -0.1) is 5.10 Å². The molecule has 21 heavy (non-hydrogen) atoms. The number of aromatic nitrogens is 4. The Labute approximate surface area is 119 Å². The van der Waals surface area contributed by atoms with Gasteiger partial charge in [-0.25, -0.2) is 18.4 Å². The average molecular weight is 289 g/mol. The van der Waals surface area contributed by atoms with Crippen LogP contribution in [-0.4, -0.2) is 34.1 Å². The molecule has 1 aromatic carbocycles. The van der Waals surface area contributed by atoms with E-state index in [1.165, 1.54) is 22.9 Å². The Kier molecular flexibility index (Phi) is 3.25. The molecule has 0 bridgehead atoms. The first kappa shape index (κ1) is 13.4. The minimum Gasteiger partial charge on any atom is -0.361 e. The summed E-state index contributed by atoms with van der Waals surface area (Å²) in [5.74, 6) is -0.533. The summed E-state index contributed by atoms with van der Waals surface area (Å²) in [6, 6.07) is 5.51. The van der Waals surface area contributed by atoms with Gasteiger partial charge in [0.05, 0.1) is 12.1 Å². The third-order valence-corrected chi connectivity index (χ3v) is 3.21. The molecule has 3 aromatic rings. The maximum absolute atomic E-state index is 13.7. The molecule has 0 fully saturated rings. The van der Waals surface area contributed by atoms with Crippen molar-refractivity contribution in [3.05, 3.63) is 47.7 Å². The Bertz CT molecular complexity index is 777. The van der Waals surface area contributed by atoms with E-state index < -0.39 is 11.6 Å². The van der Waals surface area contributed by atoms with Crippen molar-refractivity contribution in [3.63, 3.8) is 0 Å². The van der Waals surface area contributed by atoms with Crippen LogP contribution in [-0.2, 0) is 6.54 Å². The molecule has 0 unspecified atom stereocenters. The third kappa shape index (κ3) is 2.31. The normalized spacial score (nSPS) is 11.0. The Morgan fingerprint density at radius 2 is 1.86 bits per heavy atom. The van der Waals surface area contributed by atoms with E-state index in [1.807, 2.05) is 19.0 Å². The van der Waals surface area contributed by atoms with Crippen LogP contribution in [0.5, 0.6) is 0 Å². The monoisotopic (exact) mass is 289 g/mol. The van der Waals surface area contributed by atoms with Crippen LogP contribution in [0.3, 0.4) is 0 Å². The SMILES string of the molecule is CN(C)c1nccc2c1nnn2Cc1c(F)cccc1F. The lowest BCUT2D eigenvalue weighted by Crippen LogP contribution is -2.11. The van der Waals surface area contributed by atoms with E-state index in [-0.39, 0.29) is 12.1 Å². The number of hydrogen-bond acceptors (Lipinski definition) is 4. The molecule has 0 saturated heterocycles. The van der Waals surface area contributed by atoms with Crippen LogP contribution in [0, 0.1) is 11.6 Å². The highest BCUT2D eigenvalue weighted by molar-refractivity contribution is 5.85. The lowest BCUT2D eigenvalue weighted by molar-refractivity contribution is 0.532. The van der Waals surface area contributed by atoms with Gasteiger partial charge in [0, 0.05) is 25.9 Å². The van der Waals surface area contributed by atoms with Crippen LogP contribution >= 0.6 is 0 Å². The number of halogens is 2. The maximum atomic E-state index is 13.7. The lowest BCUT2D eigenvalue weighted by atomic mass is 10.2. The van der Waals surface area contributed by atoms with Gasteiger partial charge in [0.25, 0.3) is 0 Å². The maximum Gasteiger partial charge on any atom is 0.158 e. The molecule has 0 N–H and O–H groups in total. The quantitative estimate of drug-likeness (QED) is 0.741. The number of nitrogens with zero attached hydrogens (tertiary/aromatic N) is 5. The van der Waals surface area contributed by atoms with Crippen LogP contribution in [0.25, 0.3) is 11.0 Å². The second-order valence-electron chi connectivity index (χ2n) is 4.84. The largest absolute Gasteiger partial charge is 0.361 e. The van der Waals surface area contributed by atoms with Crippen LogP contribution in [0.2, 0.25) is 0 Å². The number of fused-ring (bicyclic) bond motifs is 1. The van der Waals surface area contributed by atoms with Crippen molar-refractivity contribution in [3.8, 4) is 0 Å². The highest BCUT2D eigenvalue weighted by atomic mass is 19.1. The van der Waals surface area contributed by atoms with E-state index in [0.717, 1.165) is 0 Å². The molecule has 0 aliphatic carbocycles. The summed E-state index contributed by atoms with van der Waals surface area (Å²) in [6.45, 7) is -0.0219. The second-order valence-corrected chi connectivity index (χ2v) is 4.84. The molecule has 0 amide bonds. The third-order valence-electron chi connectivity index (χ3n) is 3.21. The van der Waals surface area contributed by atoms with Crippen LogP contribution < -0.4 is 4.90 Å². The van der Waals surface area contributed by atoms with Crippen LogP contribution in [0.15, 0.2) is 30.5 Å². The van der Waals surface area contributed by atoms with E-state index in [2.05, 4.69) is 15.3 Å². The summed E-state index contributed by atoms with van der Waals surface area (Å²) in [7, 11) is 3.69. The topological polar surface area (TPSA) is 46.8 Å². The smallest absolute Gasteiger partial charge is 0.158 e. The van der Waals surface area contributed by atoms with Gasteiger partial charge in [-0.05, 0) is 18.2 Å². The van der Waals surface area contributed by atoms with Gasteiger partial charge >= 0.3 is 0 Å². The van der Waals surface area contributed by atoms with Crippen LogP contribution in [0.4, 0.5) is 14.6 Å². The van der Waals surface area contributed by atoms with Crippen molar-refractivity contribution < 1.29 is 8.78 Å². The van der Waals surface area contributed by atoms with Gasteiger partial charge < -0.3 is 4.90 Å². The zero-order chi connectivity index (χ0) is 15.0. The fraction of sp³-hybridized carbons (Fsp3) is 0.214. The molecular weight excluding hydrogens is 276 g/mol. The summed E-state index contributed by atoms with van der Waals surface area (Å²) in [5, 5.41) is 8.04. The first-order valence-electron chi connectivity index (χ1n) is 6.36. The average Bonchev–Trinajstić information content (AvgIpc) is 2.86. The van der Waals surface area contributed by atoms with E-state index in [9.17, 15) is 8.78 Å². The number of benzene rings is 1. The number of anilines is 1. The molecule has 3 rings (SSSR count). The zero-order valence-electron chi connectivity index (χ0n) is 11.6. The van der Waals surface area contributed by atoms with E-state index >= 15 is 0 Å². The number of pyridine rings is 1. The second kappa shape index (κ2) is 5.08. The first-order chi connectivity index (χ1) is 10.1. The molecule has 0 radical (unpaired) electrons. The van der Waals surface area contributed by atoms with Gasteiger partial charge in [-0.2, -0.15) is 0 Å². The Morgan fingerprint density at radius 3 is 2.52 bits per heavy atom. The highest BCUT2D eigenvalue weighted by Gasteiger charge is 2.15. The Morgan fingerprint density at radius 1 is 1.14 bits per heavy atom. The summed E-state index contributed by atoms with van der Waals surface area (Å²) in [5.41, 5.74) is 1.24. The van der Waals surface area contributed by atoms with E-state index in [0.29, 0.717) is 16.9 Å². The molecule has 2 heterocycles. The van der Waals surface area contributed by atoms with Crippen molar-refractivity contribution in [2.24, 2.45) is 0 Å². The molecule has 5 nitrogen and oxygen atoms in total. The van der Waals surface area contributed by atoms with Crippen molar-refractivity contribution in [1.82, 2.24) is 20.0 Å². The summed E-state index contributed by atoms with van der Waals surface area (Å²) in [6.07, 6.45) is 1.62. The zero-order valence-corrected chi connectivity index (χ0v) is 11.6. The van der Waals surface area contributed by atoms with Crippen molar-refractivity contribution in [2.75, 3.05) is 19.0 Å². The molecule has 7 heteroatoms. The van der Waals surface area contributed by atoms with Crippen molar-refractivity contribution in [1.29, 1.82) is 0 Å². The number of rotatable bonds is 3. The number of hydrogen-bond donors (Lipinski definition) is 0. The molecule has 2 aromatic heterocycles. The predicted octanol–water partition coefficient (Wildman–Crippen LogP) is 2.22. The fourth-order valence-corrected chi connectivity index (χ4v) is 2.16. The van der Waals surface area contributed by atoms with Gasteiger partial charge in [0.1, 0.15) is 11.6 Å². The first-order valence-corrected chi connectivity index (χ1v) is 6.36. The highest BCUT2D eigenvalue weighted by Crippen LogP contribution is 2.22. The van der Waals surface area contributed by atoms with E-state index in [4.69, 9.17) is 0 Å². The fourth-order valence-electron chi connectivity index (χ4n) is 2.16. The minimum atomic E-state index is -0.597. The van der Waals surface area contributed by atoms with Crippen LogP contribution in [0.1, 0.15) is 5.56 Å². The molecule has 0 saturated carbocycles. The lowest BCUT2D eigenvalue weighted by Gasteiger charge is -2.11. The standard InChI is InChI=1S/C14H13F2N5/c1-20(2)14-13-12(6-7-17-14)21(19-18-13)8-9-10(15)4-3-5-11(9)16/h3-7H,8H2,1-2H3. The molecule has 0 spiro atoms. The Hall–Kier alpha value is -2.57. The van der Waals surface area contributed by atoms with Gasteiger partial charge in [0.2, 0.25) is 0 Å². The van der Waals surface area contributed by atoms with Gasteiger partial charge in [-0.3, -0.25) is 0 Å². The molecule has 0 atom stereocenters. The predicted molar refractivity (Wildman–Crippen MR) is 75.1 cm³/mol. The summed E-state index contributed by atoms with van der Waals surface area (Å²) >= 11 is 0. The molecular formula is C14H13F2N5. The Balaban J connectivity index is 2.08.